The summed E-state index contributed by atoms with van der Waals surface area (Å²) in [4.78, 5) is 15.5. The molecule has 1 aliphatic heterocycles. The molecule has 0 aliphatic carbocycles. The van der Waals surface area contributed by atoms with E-state index in [1.165, 1.54) is 17.8 Å². The third-order valence-electron chi connectivity index (χ3n) is 3.09. The first-order valence-electron chi connectivity index (χ1n) is 5.93. The third-order valence-corrected chi connectivity index (χ3v) is 3.22. The standard InChI is InChI=1S/C12H13ClFN3O4/c13-2-1-6-4-17(12(20)16-10(6)15)11-7(3-14)9(19)8(5-18)21-11/h1-4,8-9,11,18-19H,5H2,(H2,15,16,20)/b2-1-,7-3+. The van der Waals surface area contributed by atoms with Crippen LogP contribution in [0.5, 0.6) is 0 Å². The van der Waals surface area contributed by atoms with Crippen LogP contribution in [0.2, 0.25) is 0 Å². The van der Waals surface area contributed by atoms with Gasteiger partial charge >= 0.3 is 5.69 Å². The number of nitrogens with zero attached hydrogens (tertiary/aromatic N) is 2. The second-order valence-corrected chi connectivity index (χ2v) is 4.58. The molecular weight excluding hydrogens is 305 g/mol. The molecule has 1 saturated heterocycles. The van der Waals surface area contributed by atoms with Crippen LogP contribution in [0.3, 0.4) is 0 Å². The lowest BCUT2D eigenvalue weighted by Crippen LogP contribution is -2.29. The number of rotatable bonds is 3. The molecule has 0 saturated carbocycles. The summed E-state index contributed by atoms with van der Waals surface area (Å²) < 4.78 is 19.2. The van der Waals surface area contributed by atoms with Gasteiger partial charge in [0.1, 0.15) is 18.0 Å². The summed E-state index contributed by atoms with van der Waals surface area (Å²) in [5, 5.41) is 18.9. The largest absolute Gasteiger partial charge is 0.394 e. The first-order chi connectivity index (χ1) is 10.0. The van der Waals surface area contributed by atoms with Crippen LogP contribution in [-0.2, 0) is 4.74 Å². The highest BCUT2D eigenvalue weighted by Crippen LogP contribution is 2.33. The minimum atomic E-state index is -1.36. The van der Waals surface area contributed by atoms with E-state index in [2.05, 4.69) is 4.98 Å². The zero-order valence-electron chi connectivity index (χ0n) is 10.7. The van der Waals surface area contributed by atoms with Crippen molar-refractivity contribution in [2.45, 2.75) is 18.4 Å². The van der Waals surface area contributed by atoms with Crippen LogP contribution in [0.1, 0.15) is 11.8 Å². The number of nitrogens with two attached hydrogens (primary N) is 1. The summed E-state index contributed by atoms with van der Waals surface area (Å²) in [6, 6.07) is 0. The van der Waals surface area contributed by atoms with Crippen LogP contribution in [0, 0.1) is 0 Å². The monoisotopic (exact) mass is 317 g/mol. The molecule has 0 aromatic carbocycles. The highest BCUT2D eigenvalue weighted by Gasteiger charge is 2.40. The molecule has 1 aromatic heterocycles. The van der Waals surface area contributed by atoms with Crippen molar-refractivity contribution >= 4 is 23.5 Å². The fourth-order valence-corrected chi connectivity index (χ4v) is 2.16. The van der Waals surface area contributed by atoms with Gasteiger partial charge in [-0.05, 0) is 6.08 Å². The number of aromatic nitrogens is 2. The maximum atomic E-state index is 13.0. The number of hydrogen-bond acceptors (Lipinski definition) is 6. The van der Waals surface area contributed by atoms with Gasteiger partial charge in [0.05, 0.1) is 12.9 Å². The molecular formula is C12H13ClFN3O4. The molecule has 7 nitrogen and oxygen atoms in total. The molecule has 114 valence electrons. The number of hydrogen-bond donors (Lipinski definition) is 3. The minimum Gasteiger partial charge on any atom is -0.394 e. The lowest BCUT2D eigenvalue weighted by Gasteiger charge is -2.15. The molecule has 21 heavy (non-hydrogen) atoms. The zero-order valence-corrected chi connectivity index (χ0v) is 11.4. The normalized spacial score (nSPS) is 27.8. The van der Waals surface area contributed by atoms with Crippen molar-refractivity contribution in [1.82, 2.24) is 9.55 Å². The molecule has 0 radical (unpaired) electrons. The van der Waals surface area contributed by atoms with E-state index in [1.807, 2.05) is 0 Å². The van der Waals surface area contributed by atoms with Gasteiger partial charge in [0, 0.05) is 22.9 Å². The second kappa shape index (κ2) is 6.35. The van der Waals surface area contributed by atoms with Crippen LogP contribution < -0.4 is 11.4 Å². The third kappa shape index (κ3) is 2.84. The van der Waals surface area contributed by atoms with Crippen molar-refractivity contribution in [2.24, 2.45) is 0 Å². The van der Waals surface area contributed by atoms with Crippen LogP contribution in [0.4, 0.5) is 10.2 Å². The Labute approximate surface area is 123 Å². The lowest BCUT2D eigenvalue weighted by atomic mass is 10.1. The van der Waals surface area contributed by atoms with E-state index >= 15 is 0 Å². The Morgan fingerprint density at radius 3 is 2.90 bits per heavy atom. The summed E-state index contributed by atoms with van der Waals surface area (Å²) in [6.45, 7) is -0.527. The summed E-state index contributed by atoms with van der Waals surface area (Å²) in [5.41, 5.74) is 6.10. The van der Waals surface area contributed by atoms with E-state index in [0.717, 1.165) is 4.57 Å². The highest BCUT2D eigenvalue weighted by atomic mass is 35.5. The Bertz CT molecular complexity index is 646. The molecule has 2 heterocycles. The zero-order chi connectivity index (χ0) is 15.6. The SMILES string of the molecule is Nc1nc(=O)n(C2OC(CO)C(O)/C2=C\F)cc1/C=C\Cl. The van der Waals surface area contributed by atoms with Gasteiger partial charge in [0.25, 0.3) is 0 Å². The fourth-order valence-electron chi connectivity index (χ4n) is 2.03. The molecule has 2 rings (SSSR count). The minimum absolute atomic E-state index is 0.0452. The van der Waals surface area contributed by atoms with Gasteiger partial charge in [0.2, 0.25) is 0 Å². The Kier molecular flexibility index (Phi) is 4.73. The molecule has 1 aromatic rings. The lowest BCUT2D eigenvalue weighted by molar-refractivity contribution is -0.0447. The summed E-state index contributed by atoms with van der Waals surface area (Å²) in [7, 11) is 0. The Morgan fingerprint density at radius 2 is 2.33 bits per heavy atom. The van der Waals surface area contributed by atoms with Crippen molar-refractivity contribution in [2.75, 3.05) is 12.3 Å². The molecule has 4 N–H and O–H groups in total. The first kappa shape index (κ1) is 15.6. The summed E-state index contributed by atoms with van der Waals surface area (Å²) in [6.07, 6.45) is -0.789. The number of ether oxygens (including phenoxy) is 1. The first-order valence-corrected chi connectivity index (χ1v) is 6.37. The van der Waals surface area contributed by atoms with Crippen molar-refractivity contribution in [3.05, 3.63) is 39.7 Å². The van der Waals surface area contributed by atoms with E-state index in [9.17, 15) is 14.3 Å². The summed E-state index contributed by atoms with van der Waals surface area (Å²) in [5.74, 6) is -0.0452. The van der Waals surface area contributed by atoms with Crippen molar-refractivity contribution in [1.29, 1.82) is 0 Å². The maximum absolute atomic E-state index is 13.0. The van der Waals surface area contributed by atoms with E-state index in [0.29, 0.717) is 5.56 Å². The molecule has 9 heteroatoms. The van der Waals surface area contributed by atoms with Gasteiger partial charge in [0.15, 0.2) is 6.23 Å². The van der Waals surface area contributed by atoms with E-state index in [4.69, 9.17) is 27.2 Å². The molecule has 3 atom stereocenters. The molecule has 1 aliphatic rings. The van der Waals surface area contributed by atoms with Crippen molar-refractivity contribution in [3.8, 4) is 0 Å². The van der Waals surface area contributed by atoms with E-state index < -0.39 is 30.7 Å². The van der Waals surface area contributed by atoms with Gasteiger partial charge in [-0.15, -0.1) is 0 Å². The van der Waals surface area contributed by atoms with Gasteiger partial charge in [-0.2, -0.15) is 4.98 Å². The smallest absolute Gasteiger partial charge is 0.351 e. The number of nitrogen functional groups attached to an aromatic ring is 1. The van der Waals surface area contributed by atoms with Crippen LogP contribution >= 0.6 is 11.6 Å². The van der Waals surface area contributed by atoms with Gasteiger partial charge < -0.3 is 20.7 Å². The topological polar surface area (TPSA) is 111 Å². The fraction of sp³-hybridized carbons (Fsp3) is 0.333. The summed E-state index contributed by atoms with van der Waals surface area (Å²) >= 11 is 5.46. The molecule has 0 bridgehead atoms. The predicted molar refractivity (Wildman–Crippen MR) is 74.0 cm³/mol. The Hall–Kier alpha value is -1.74. The molecule has 0 amide bonds. The molecule has 0 spiro atoms. The molecule has 3 unspecified atom stereocenters. The Balaban J connectivity index is 2.51. The predicted octanol–water partition coefficient (Wildman–Crippen LogP) is 0.139. The second-order valence-electron chi connectivity index (χ2n) is 4.33. The average molecular weight is 318 g/mol. The average Bonchev–Trinajstić information content (AvgIpc) is 2.78. The van der Waals surface area contributed by atoms with Gasteiger partial charge in [-0.3, -0.25) is 4.57 Å². The van der Waals surface area contributed by atoms with Crippen LogP contribution in [0.25, 0.3) is 6.08 Å². The molecule has 1 fully saturated rings. The van der Waals surface area contributed by atoms with Crippen LogP contribution in [0.15, 0.2) is 28.4 Å². The number of aliphatic hydroxyl groups is 2. The van der Waals surface area contributed by atoms with Gasteiger partial charge in [-0.25, -0.2) is 9.18 Å². The van der Waals surface area contributed by atoms with Crippen molar-refractivity contribution < 1.29 is 19.3 Å². The van der Waals surface area contributed by atoms with Crippen molar-refractivity contribution in [3.63, 3.8) is 0 Å². The van der Waals surface area contributed by atoms with Crippen LogP contribution in [-0.4, -0.2) is 38.6 Å². The Morgan fingerprint density at radius 1 is 1.62 bits per heavy atom. The van der Waals surface area contributed by atoms with Gasteiger partial charge in [-0.1, -0.05) is 11.6 Å². The maximum Gasteiger partial charge on any atom is 0.351 e. The number of aliphatic hydroxyl groups excluding tert-OH is 2. The van der Waals surface area contributed by atoms with E-state index in [1.54, 1.807) is 0 Å². The highest BCUT2D eigenvalue weighted by molar-refractivity contribution is 6.27. The van der Waals surface area contributed by atoms with E-state index in [-0.39, 0.29) is 17.7 Å². The number of halogens is 2. The number of anilines is 1. The quantitative estimate of drug-likeness (QED) is 0.731.